The number of furan rings is 1. The predicted octanol–water partition coefficient (Wildman–Crippen LogP) is 1.91. The number of piperidine rings is 1. The summed E-state index contributed by atoms with van der Waals surface area (Å²) in [6.45, 7) is 2.50. The van der Waals surface area contributed by atoms with E-state index in [1.54, 1.807) is 17.0 Å². The molecule has 0 aromatic carbocycles. The number of likely N-dealkylation sites (tertiary alicyclic amines) is 1. The van der Waals surface area contributed by atoms with Gasteiger partial charge in [0.2, 0.25) is 0 Å². The van der Waals surface area contributed by atoms with Crippen LogP contribution in [0.4, 0.5) is 0 Å². The van der Waals surface area contributed by atoms with Gasteiger partial charge >= 0.3 is 0 Å². The number of amides is 1. The normalized spacial score (nSPS) is 22.6. The molecule has 1 aromatic heterocycles. The molecule has 0 atom stereocenters. The lowest BCUT2D eigenvalue weighted by molar-refractivity contribution is -0.181. The van der Waals surface area contributed by atoms with Gasteiger partial charge in [-0.25, -0.2) is 0 Å². The lowest BCUT2D eigenvalue weighted by atomic mass is 10.0. The Kier molecular flexibility index (Phi) is 3.05. The molecule has 0 bridgehead atoms. The highest BCUT2D eigenvalue weighted by Crippen LogP contribution is 2.31. The van der Waals surface area contributed by atoms with Crippen molar-refractivity contribution in [1.29, 1.82) is 0 Å². The van der Waals surface area contributed by atoms with Crippen molar-refractivity contribution in [2.75, 3.05) is 26.3 Å². The minimum Gasteiger partial charge on any atom is -0.440 e. The van der Waals surface area contributed by atoms with Gasteiger partial charge in [-0.05, 0) is 23.7 Å². The number of rotatable bonds is 1. The van der Waals surface area contributed by atoms with Crippen LogP contribution in [0.5, 0.6) is 0 Å². The maximum Gasteiger partial charge on any atom is 0.289 e. The second-order valence-electron chi connectivity index (χ2n) is 4.50. The Morgan fingerprint density at radius 3 is 2.44 bits per heavy atom. The Hall–Kier alpha value is -1.04. The summed E-state index contributed by atoms with van der Waals surface area (Å²) in [5, 5.41) is 0.231. The Labute approximate surface area is 110 Å². The fraction of sp³-hybridized carbons (Fsp3) is 0.583. The van der Waals surface area contributed by atoms with Gasteiger partial charge in [0.25, 0.3) is 5.91 Å². The third-order valence-corrected chi connectivity index (χ3v) is 3.61. The van der Waals surface area contributed by atoms with Gasteiger partial charge in [0.1, 0.15) is 0 Å². The zero-order valence-electron chi connectivity index (χ0n) is 9.86. The first-order valence-corrected chi connectivity index (χ1v) is 6.39. The standard InChI is InChI=1S/C12H14ClNO4/c13-10-2-1-9(18-10)11(15)14-5-3-12(4-6-14)16-7-8-17-12/h1-2H,3-8H2. The molecule has 0 radical (unpaired) electrons. The van der Waals surface area contributed by atoms with E-state index in [2.05, 4.69) is 0 Å². The molecule has 0 aliphatic carbocycles. The zero-order chi connectivity index (χ0) is 12.6. The molecule has 5 nitrogen and oxygen atoms in total. The summed E-state index contributed by atoms with van der Waals surface area (Å²) in [6.07, 6.45) is 1.40. The van der Waals surface area contributed by atoms with E-state index in [1.807, 2.05) is 0 Å². The first-order valence-electron chi connectivity index (χ1n) is 6.01. The van der Waals surface area contributed by atoms with Crippen LogP contribution in [-0.2, 0) is 9.47 Å². The molecular weight excluding hydrogens is 258 g/mol. The predicted molar refractivity (Wildman–Crippen MR) is 63.5 cm³/mol. The molecule has 1 spiro atoms. The molecule has 0 N–H and O–H groups in total. The number of halogens is 1. The SMILES string of the molecule is O=C(c1ccc(Cl)o1)N1CCC2(CC1)OCCO2. The monoisotopic (exact) mass is 271 g/mol. The number of nitrogens with zero attached hydrogens (tertiary/aromatic N) is 1. The van der Waals surface area contributed by atoms with Crippen molar-refractivity contribution in [3.05, 3.63) is 23.1 Å². The van der Waals surface area contributed by atoms with Gasteiger partial charge in [-0.15, -0.1) is 0 Å². The molecule has 1 aromatic rings. The maximum atomic E-state index is 12.1. The van der Waals surface area contributed by atoms with Crippen LogP contribution in [0.15, 0.2) is 16.5 Å². The van der Waals surface area contributed by atoms with Crippen molar-refractivity contribution in [1.82, 2.24) is 4.90 Å². The molecule has 2 saturated heterocycles. The Balaban J connectivity index is 1.64. The van der Waals surface area contributed by atoms with Crippen LogP contribution in [0.25, 0.3) is 0 Å². The first-order chi connectivity index (χ1) is 8.69. The van der Waals surface area contributed by atoms with E-state index in [0.717, 1.165) is 0 Å². The van der Waals surface area contributed by atoms with Crippen LogP contribution in [-0.4, -0.2) is 42.9 Å². The molecule has 1 amide bonds. The second-order valence-corrected chi connectivity index (χ2v) is 4.88. The van der Waals surface area contributed by atoms with Gasteiger partial charge in [0.15, 0.2) is 16.8 Å². The van der Waals surface area contributed by atoms with Crippen molar-refractivity contribution in [2.45, 2.75) is 18.6 Å². The number of ether oxygens (including phenoxy) is 2. The number of carbonyl (C=O) groups excluding carboxylic acids is 1. The lowest BCUT2D eigenvalue weighted by Crippen LogP contribution is -2.47. The summed E-state index contributed by atoms with van der Waals surface area (Å²) in [4.78, 5) is 13.8. The van der Waals surface area contributed by atoms with Gasteiger partial charge < -0.3 is 18.8 Å². The number of hydrogen-bond donors (Lipinski definition) is 0. The molecule has 2 aliphatic heterocycles. The van der Waals surface area contributed by atoms with Gasteiger partial charge in [0.05, 0.1) is 13.2 Å². The highest BCUT2D eigenvalue weighted by Gasteiger charge is 2.41. The van der Waals surface area contributed by atoms with E-state index in [-0.39, 0.29) is 16.9 Å². The molecule has 3 heterocycles. The van der Waals surface area contributed by atoms with Gasteiger partial charge in [-0.3, -0.25) is 4.79 Å². The largest absolute Gasteiger partial charge is 0.440 e. The van der Waals surface area contributed by atoms with Crippen LogP contribution >= 0.6 is 11.6 Å². The topological polar surface area (TPSA) is 51.9 Å². The maximum absolute atomic E-state index is 12.1. The van der Waals surface area contributed by atoms with E-state index < -0.39 is 5.79 Å². The Morgan fingerprint density at radius 1 is 1.22 bits per heavy atom. The highest BCUT2D eigenvalue weighted by atomic mass is 35.5. The van der Waals surface area contributed by atoms with Crippen molar-refractivity contribution in [2.24, 2.45) is 0 Å². The molecule has 18 heavy (non-hydrogen) atoms. The summed E-state index contributed by atoms with van der Waals surface area (Å²) >= 11 is 5.66. The average Bonchev–Trinajstić information content (AvgIpc) is 3.00. The number of hydrogen-bond acceptors (Lipinski definition) is 4. The van der Waals surface area contributed by atoms with Crippen molar-refractivity contribution in [3.8, 4) is 0 Å². The van der Waals surface area contributed by atoms with Gasteiger partial charge in [-0.2, -0.15) is 0 Å². The zero-order valence-corrected chi connectivity index (χ0v) is 10.6. The summed E-state index contributed by atoms with van der Waals surface area (Å²) in [5.74, 6) is -0.309. The molecule has 0 saturated carbocycles. The van der Waals surface area contributed by atoms with E-state index in [9.17, 15) is 4.79 Å². The minimum atomic E-state index is -0.461. The molecular formula is C12H14ClNO4. The van der Waals surface area contributed by atoms with E-state index >= 15 is 0 Å². The fourth-order valence-corrected chi connectivity index (χ4v) is 2.57. The van der Waals surface area contributed by atoms with Gasteiger partial charge in [-0.1, -0.05) is 0 Å². The van der Waals surface area contributed by atoms with Crippen molar-refractivity contribution in [3.63, 3.8) is 0 Å². The van der Waals surface area contributed by atoms with Crippen LogP contribution in [0.1, 0.15) is 23.4 Å². The quantitative estimate of drug-likeness (QED) is 0.783. The highest BCUT2D eigenvalue weighted by molar-refractivity contribution is 6.29. The smallest absolute Gasteiger partial charge is 0.289 e. The third kappa shape index (κ3) is 2.13. The molecule has 3 rings (SSSR count). The van der Waals surface area contributed by atoms with E-state index in [0.29, 0.717) is 39.1 Å². The summed E-state index contributed by atoms with van der Waals surface area (Å²) < 4.78 is 16.4. The third-order valence-electron chi connectivity index (χ3n) is 3.41. The fourth-order valence-electron chi connectivity index (χ4n) is 2.42. The van der Waals surface area contributed by atoms with Crippen molar-refractivity contribution >= 4 is 17.5 Å². The molecule has 98 valence electrons. The Bertz CT molecular complexity index is 443. The van der Waals surface area contributed by atoms with Gasteiger partial charge in [0, 0.05) is 25.9 Å². The Morgan fingerprint density at radius 2 is 1.89 bits per heavy atom. The van der Waals surface area contributed by atoms with Crippen LogP contribution in [0.3, 0.4) is 0 Å². The number of carbonyl (C=O) groups is 1. The molecule has 6 heteroatoms. The first kappa shape index (κ1) is 12.0. The summed E-state index contributed by atoms with van der Waals surface area (Å²) in [7, 11) is 0. The average molecular weight is 272 g/mol. The van der Waals surface area contributed by atoms with E-state index in [1.165, 1.54) is 0 Å². The van der Waals surface area contributed by atoms with Crippen LogP contribution in [0, 0.1) is 0 Å². The van der Waals surface area contributed by atoms with Crippen LogP contribution in [0.2, 0.25) is 5.22 Å². The molecule has 2 aliphatic rings. The van der Waals surface area contributed by atoms with E-state index in [4.69, 9.17) is 25.5 Å². The minimum absolute atomic E-state index is 0.130. The molecule has 2 fully saturated rings. The summed E-state index contributed by atoms with van der Waals surface area (Å²) in [6, 6.07) is 3.17. The second kappa shape index (κ2) is 4.57. The molecule has 0 unspecified atom stereocenters. The van der Waals surface area contributed by atoms with Crippen molar-refractivity contribution < 1.29 is 18.7 Å². The summed E-state index contributed by atoms with van der Waals surface area (Å²) in [5.41, 5.74) is 0. The lowest BCUT2D eigenvalue weighted by Gasteiger charge is -2.37. The van der Waals surface area contributed by atoms with Crippen LogP contribution < -0.4 is 0 Å².